The Morgan fingerprint density at radius 2 is 2.00 bits per heavy atom. The second-order valence-corrected chi connectivity index (χ2v) is 4.85. The molecule has 2 aromatic carbocycles. The minimum Gasteiger partial charge on any atom is -0.504 e. The van der Waals surface area contributed by atoms with E-state index in [1.54, 1.807) is 13.2 Å². The van der Waals surface area contributed by atoms with E-state index in [1.807, 2.05) is 12.1 Å². The number of methoxy groups -OCH3 is 1. The Morgan fingerprint density at radius 3 is 2.70 bits per heavy atom. The third-order valence-corrected chi connectivity index (χ3v) is 3.42. The average molecular weight is 271 g/mol. The lowest BCUT2D eigenvalue weighted by atomic mass is 10.1. The number of hydrogen-bond acceptors (Lipinski definition) is 3. The quantitative estimate of drug-likeness (QED) is 0.859. The van der Waals surface area contributed by atoms with Crippen molar-refractivity contribution in [2.75, 3.05) is 12.4 Å². The molecule has 20 heavy (non-hydrogen) atoms. The Bertz CT molecular complexity index is 581. The SMILES string of the molecule is CCc1cccc(NC(C)c2ccc(O)c(OC)c2)c1. The van der Waals surface area contributed by atoms with Crippen LogP contribution < -0.4 is 10.1 Å². The van der Waals surface area contributed by atoms with Gasteiger partial charge in [0.1, 0.15) is 0 Å². The van der Waals surface area contributed by atoms with Crippen molar-refractivity contribution in [3.63, 3.8) is 0 Å². The molecule has 0 aliphatic carbocycles. The molecule has 0 bridgehead atoms. The number of phenols is 1. The van der Waals surface area contributed by atoms with Crippen molar-refractivity contribution in [3.8, 4) is 11.5 Å². The first-order chi connectivity index (χ1) is 9.63. The van der Waals surface area contributed by atoms with Crippen LogP contribution in [-0.4, -0.2) is 12.2 Å². The molecule has 0 saturated carbocycles. The number of phenolic OH excluding ortho intramolecular Hbond substituents is 1. The predicted molar refractivity (Wildman–Crippen MR) is 82.5 cm³/mol. The maximum atomic E-state index is 9.63. The Morgan fingerprint density at radius 1 is 1.20 bits per heavy atom. The minimum absolute atomic E-state index is 0.136. The van der Waals surface area contributed by atoms with Crippen LogP contribution in [0.3, 0.4) is 0 Å². The van der Waals surface area contributed by atoms with Gasteiger partial charge in [-0.3, -0.25) is 0 Å². The van der Waals surface area contributed by atoms with Crippen LogP contribution in [0.2, 0.25) is 0 Å². The fourth-order valence-corrected chi connectivity index (χ4v) is 2.18. The van der Waals surface area contributed by atoms with Gasteiger partial charge in [0, 0.05) is 11.7 Å². The zero-order chi connectivity index (χ0) is 14.5. The number of aryl methyl sites for hydroxylation is 1. The summed E-state index contributed by atoms with van der Waals surface area (Å²) in [4.78, 5) is 0. The molecule has 1 atom stereocenters. The number of rotatable bonds is 5. The molecule has 0 aromatic heterocycles. The molecular weight excluding hydrogens is 250 g/mol. The lowest BCUT2D eigenvalue weighted by molar-refractivity contribution is 0.373. The highest BCUT2D eigenvalue weighted by Crippen LogP contribution is 2.30. The van der Waals surface area contributed by atoms with Crippen molar-refractivity contribution in [2.24, 2.45) is 0 Å². The van der Waals surface area contributed by atoms with Crippen LogP contribution in [0.15, 0.2) is 42.5 Å². The summed E-state index contributed by atoms with van der Waals surface area (Å²) in [5, 5.41) is 13.1. The molecule has 0 radical (unpaired) electrons. The summed E-state index contributed by atoms with van der Waals surface area (Å²) in [6.07, 6.45) is 1.02. The maximum absolute atomic E-state index is 9.63. The van der Waals surface area contributed by atoms with Crippen LogP contribution in [0.4, 0.5) is 5.69 Å². The first-order valence-electron chi connectivity index (χ1n) is 6.86. The normalized spacial score (nSPS) is 11.9. The lowest BCUT2D eigenvalue weighted by Gasteiger charge is -2.17. The third-order valence-electron chi connectivity index (χ3n) is 3.42. The van der Waals surface area contributed by atoms with Gasteiger partial charge in [0.2, 0.25) is 0 Å². The van der Waals surface area contributed by atoms with Crippen LogP contribution in [0, 0.1) is 0 Å². The number of benzene rings is 2. The van der Waals surface area contributed by atoms with E-state index in [2.05, 4.69) is 43.4 Å². The summed E-state index contributed by atoms with van der Waals surface area (Å²) in [5.41, 5.74) is 3.48. The number of hydrogen-bond donors (Lipinski definition) is 2. The van der Waals surface area contributed by atoms with Crippen molar-refractivity contribution in [1.82, 2.24) is 0 Å². The van der Waals surface area contributed by atoms with Crippen LogP contribution in [0.25, 0.3) is 0 Å². The van der Waals surface area contributed by atoms with Gasteiger partial charge >= 0.3 is 0 Å². The van der Waals surface area contributed by atoms with Gasteiger partial charge in [-0.25, -0.2) is 0 Å². The van der Waals surface area contributed by atoms with Gasteiger partial charge < -0.3 is 15.2 Å². The molecule has 0 aliphatic heterocycles. The summed E-state index contributed by atoms with van der Waals surface area (Å²) < 4.78 is 5.14. The highest BCUT2D eigenvalue weighted by atomic mass is 16.5. The van der Waals surface area contributed by atoms with Gasteiger partial charge in [0.15, 0.2) is 11.5 Å². The molecule has 2 N–H and O–H groups in total. The largest absolute Gasteiger partial charge is 0.504 e. The molecule has 2 aromatic rings. The van der Waals surface area contributed by atoms with Crippen molar-refractivity contribution in [2.45, 2.75) is 26.3 Å². The van der Waals surface area contributed by atoms with Gasteiger partial charge in [-0.1, -0.05) is 25.1 Å². The second-order valence-electron chi connectivity index (χ2n) is 4.85. The number of aromatic hydroxyl groups is 1. The minimum atomic E-state index is 0.136. The Kier molecular flexibility index (Phi) is 4.51. The van der Waals surface area contributed by atoms with Gasteiger partial charge in [-0.2, -0.15) is 0 Å². The summed E-state index contributed by atoms with van der Waals surface area (Å²) in [6, 6.07) is 14.0. The van der Waals surface area contributed by atoms with Gasteiger partial charge in [-0.15, -0.1) is 0 Å². The van der Waals surface area contributed by atoms with Gasteiger partial charge in [-0.05, 0) is 48.7 Å². The molecule has 0 spiro atoms. The van der Waals surface area contributed by atoms with E-state index in [0.29, 0.717) is 5.75 Å². The maximum Gasteiger partial charge on any atom is 0.160 e. The van der Waals surface area contributed by atoms with E-state index < -0.39 is 0 Å². The highest BCUT2D eigenvalue weighted by Gasteiger charge is 2.09. The monoisotopic (exact) mass is 271 g/mol. The number of ether oxygens (including phenoxy) is 1. The average Bonchev–Trinajstić information content (AvgIpc) is 2.47. The molecule has 2 rings (SSSR count). The van der Waals surface area contributed by atoms with E-state index >= 15 is 0 Å². The topological polar surface area (TPSA) is 41.5 Å². The summed E-state index contributed by atoms with van der Waals surface area (Å²) in [5.74, 6) is 0.662. The van der Waals surface area contributed by atoms with Crippen molar-refractivity contribution in [1.29, 1.82) is 0 Å². The van der Waals surface area contributed by atoms with E-state index in [-0.39, 0.29) is 11.8 Å². The Labute approximate surface area is 120 Å². The van der Waals surface area contributed by atoms with Crippen molar-refractivity contribution < 1.29 is 9.84 Å². The van der Waals surface area contributed by atoms with Gasteiger partial charge in [0.05, 0.1) is 7.11 Å². The van der Waals surface area contributed by atoms with E-state index in [9.17, 15) is 5.11 Å². The molecule has 0 amide bonds. The van der Waals surface area contributed by atoms with E-state index in [0.717, 1.165) is 17.7 Å². The molecule has 0 fully saturated rings. The van der Waals surface area contributed by atoms with Crippen LogP contribution in [-0.2, 0) is 6.42 Å². The smallest absolute Gasteiger partial charge is 0.160 e. The van der Waals surface area contributed by atoms with Crippen LogP contribution in [0.1, 0.15) is 31.0 Å². The fourth-order valence-electron chi connectivity index (χ4n) is 2.18. The molecule has 0 aliphatic rings. The number of anilines is 1. The van der Waals surface area contributed by atoms with Crippen molar-refractivity contribution in [3.05, 3.63) is 53.6 Å². The molecule has 106 valence electrons. The number of nitrogens with one attached hydrogen (secondary N) is 1. The molecule has 3 heteroatoms. The first kappa shape index (κ1) is 14.3. The predicted octanol–water partition coefficient (Wildman–Crippen LogP) is 4.14. The highest BCUT2D eigenvalue weighted by molar-refractivity contribution is 5.49. The first-order valence-corrected chi connectivity index (χ1v) is 6.86. The third kappa shape index (κ3) is 3.23. The Balaban J connectivity index is 2.16. The molecule has 3 nitrogen and oxygen atoms in total. The lowest BCUT2D eigenvalue weighted by Crippen LogP contribution is -2.07. The fraction of sp³-hybridized carbons (Fsp3) is 0.294. The van der Waals surface area contributed by atoms with E-state index in [4.69, 9.17) is 4.74 Å². The zero-order valence-electron chi connectivity index (χ0n) is 12.2. The summed E-state index contributed by atoms with van der Waals surface area (Å²) in [6.45, 7) is 4.23. The molecule has 1 unspecified atom stereocenters. The zero-order valence-corrected chi connectivity index (χ0v) is 12.2. The van der Waals surface area contributed by atoms with Gasteiger partial charge in [0.25, 0.3) is 0 Å². The van der Waals surface area contributed by atoms with Crippen LogP contribution >= 0.6 is 0 Å². The molecular formula is C17H21NO2. The summed E-state index contributed by atoms with van der Waals surface area (Å²) >= 11 is 0. The van der Waals surface area contributed by atoms with Crippen LogP contribution in [0.5, 0.6) is 11.5 Å². The van der Waals surface area contributed by atoms with Crippen molar-refractivity contribution >= 4 is 5.69 Å². The summed E-state index contributed by atoms with van der Waals surface area (Å²) in [7, 11) is 1.56. The molecule has 0 saturated heterocycles. The van der Waals surface area contributed by atoms with E-state index in [1.165, 1.54) is 5.56 Å². The Hall–Kier alpha value is -2.16. The molecule has 0 heterocycles. The second kappa shape index (κ2) is 6.33. The standard InChI is InChI=1S/C17H21NO2/c1-4-13-6-5-7-15(10-13)18-12(2)14-8-9-16(19)17(11-14)20-3/h5-12,18-19H,4H2,1-3H3.